The van der Waals surface area contributed by atoms with Gasteiger partial charge in [0.15, 0.2) is 0 Å². The number of pyridine rings is 1. The highest BCUT2D eigenvalue weighted by Gasteiger charge is 2.22. The molecule has 0 radical (unpaired) electrons. The third-order valence-corrected chi connectivity index (χ3v) is 5.90. The number of aromatic nitrogens is 1. The van der Waals surface area contributed by atoms with E-state index in [2.05, 4.69) is 15.6 Å². The molecule has 2 N–H and O–H groups in total. The lowest BCUT2D eigenvalue weighted by Gasteiger charge is -2.29. The first kappa shape index (κ1) is 23.1. The van der Waals surface area contributed by atoms with Crippen LogP contribution in [0.3, 0.4) is 0 Å². The Morgan fingerprint density at radius 3 is 2.85 bits per heavy atom. The molecule has 1 amide bonds. The van der Waals surface area contributed by atoms with Gasteiger partial charge in [0.05, 0.1) is 37.6 Å². The lowest BCUT2D eigenvalue weighted by Crippen LogP contribution is -2.43. The number of hydrogen-bond acceptors (Lipinski definition) is 5. The van der Waals surface area contributed by atoms with E-state index in [4.69, 9.17) is 9.47 Å². The largest absolute Gasteiger partial charge is 0.497 e. The maximum absolute atomic E-state index is 13.7. The highest BCUT2D eigenvalue weighted by molar-refractivity contribution is 5.92. The SMILES string of the molecule is COc1ccc2nccc(CC[C@@H]3CC[C@@H](NCC(=O)Nc4cc(F)ccc4F)CO3)c2c1. The summed E-state index contributed by atoms with van der Waals surface area (Å²) < 4.78 is 38.2. The van der Waals surface area contributed by atoms with E-state index in [1.165, 1.54) is 5.56 Å². The third-order valence-electron chi connectivity index (χ3n) is 5.90. The summed E-state index contributed by atoms with van der Waals surface area (Å²) in [6.45, 7) is 0.497. The summed E-state index contributed by atoms with van der Waals surface area (Å²) in [6, 6.07) is 10.9. The van der Waals surface area contributed by atoms with Crippen molar-refractivity contribution in [2.75, 3.05) is 25.6 Å². The smallest absolute Gasteiger partial charge is 0.238 e. The molecule has 2 atom stereocenters. The van der Waals surface area contributed by atoms with Crippen LogP contribution in [-0.2, 0) is 16.0 Å². The van der Waals surface area contributed by atoms with Crippen LogP contribution in [0.5, 0.6) is 5.75 Å². The molecule has 33 heavy (non-hydrogen) atoms. The summed E-state index contributed by atoms with van der Waals surface area (Å²) in [5.41, 5.74) is 1.99. The number of fused-ring (bicyclic) bond motifs is 1. The van der Waals surface area contributed by atoms with E-state index in [1.54, 1.807) is 7.11 Å². The lowest BCUT2D eigenvalue weighted by atomic mass is 9.97. The first-order valence-electron chi connectivity index (χ1n) is 11.0. The van der Waals surface area contributed by atoms with E-state index >= 15 is 0 Å². The summed E-state index contributed by atoms with van der Waals surface area (Å²) >= 11 is 0. The molecule has 0 aliphatic carbocycles. The second-order valence-corrected chi connectivity index (χ2v) is 8.17. The minimum atomic E-state index is -0.672. The Morgan fingerprint density at radius 1 is 1.18 bits per heavy atom. The van der Waals surface area contributed by atoms with Gasteiger partial charge in [0.2, 0.25) is 5.91 Å². The summed E-state index contributed by atoms with van der Waals surface area (Å²) in [7, 11) is 1.65. The lowest BCUT2D eigenvalue weighted by molar-refractivity contribution is -0.115. The van der Waals surface area contributed by atoms with Gasteiger partial charge < -0.3 is 20.1 Å². The Labute approximate surface area is 191 Å². The van der Waals surface area contributed by atoms with Crippen molar-refractivity contribution in [3.05, 3.63) is 65.9 Å². The Bertz CT molecular complexity index is 1120. The van der Waals surface area contributed by atoms with Crippen molar-refractivity contribution in [2.24, 2.45) is 0 Å². The minimum Gasteiger partial charge on any atom is -0.497 e. The second kappa shape index (κ2) is 10.7. The van der Waals surface area contributed by atoms with Gasteiger partial charge in [0.1, 0.15) is 17.4 Å². The van der Waals surface area contributed by atoms with E-state index in [9.17, 15) is 13.6 Å². The molecule has 2 aromatic carbocycles. The van der Waals surface area contributed by atoms with Gasteiger partial charge in [0.25, 0.3) is 0 Å². The number of benzene rings is 2. The fraction of sp³-hybridized carbons (Fsp3) is 0.360. The molecule has 174 valence electrons. The van der Waals surface area contributed by atoms with E-state index in [0.717, 1.165) is 60.5 Å². The molecule has 1 aliphatic heterocycles. The van der Waals surface area contributed by atoms with Crippen molar-refractivity contribution in [3.8, 4) is 5.75 Å². The number of aryl methyl sites for hydroxylation is 1. The Morgan fingerprint density at radius 2 is 2.06 bits per heavy atom. The minimum absolute atomic E-state index is 0.000512. The van der Waals surface area contributed by atoms with Crippen molar-refractivity contribution >= 4 is 22.5 Å². The van der Waals surface area contributed by atoms with Crippen molar-refractivity contribution < 1.29 is 23.0 Å². The van der Waals surface area contributed by atoms with Gasteiger partial charge in [-0.2, -0.15) is 0 Å². The number of nitrogens with zero attached hydrogens (tertiary/aromatic N) is 1. The molecule has 1 aromatic heterocycles. The van der Waals surface area contributed by atoms with E-state index < -0.39 is 17.5 Å². The zero-order valence-corrected chi connectivity index (χ0v) is 18.4. The van der Waals surface area contributed by atoms with Crippen molar-refractivity contribution in [3.63, 3.8) is 0 Å². The van der Waals surface area contributed by atoms with Gasteiger partial charge in [-0.1, -0.05) is 0 Å². The monoisotopic (exact) mass is 455 g/mol. The van der Waals surface area contributed by atoms with Gasteiger partial charge in [0, 0.05) is 23.7 Å². The maximum Gasteiger partial charge on any atom is 0.238 e. The number of methoxy groups -OCH3 is 1. The van der Waals surface area contributed by atoms with Crippen LogP contribution in [0.2, 0.25) is 0 Å². The second-order valence-electron chi connectivity index (χ2n) is 8.17. The topological polar surface area (TPSA) is 72.5 Å². The molecule has 8 heteroatoms. The summed E-state index contributed by atoms with van der Waals surface area (Å²) in [4.78, 5) is 16.5. The van der Waals surface area contributed by atoms with Crippen molar-refractivity contribution in [1.29, 1.82) is 0 Å². The summed E-state index contributed by atoms with van der Waals surface area (Å²) in [5.74, 6) is -0.898. The van der Waals surface area contributed by atoms with Crippen LogP contribution >= 0.6 is 0 Å². The molecule has 0 spiro atoms. The van der Waals surface area contributed by atoms with E-state index in [0.29, 0.717) is 6.61 Å². The first-order valence-corrected chi connectivity index (χ1v) is 11.0. The van der Waals surface area contributed by atoms with Gasteiger partial charge in [-0.25, -0.2) is 8.78 Å². The molecule has 1 fully saturated rings. The van der Waals surface area contributed by atoms with Gasteiger partial charge >= 0.3 is 0 Å². The number of rotatable bonds is 8. The number of ether oxygens (including phenoxy) is 2. The van der Waals surface area contributed by atoms with Crippen LogP contribution in [0.15, 0.2) is 48.7 Å². The number of hydrogen-bond donors (Lipinski definition) is 2. The highest BCUT2D eigenvalue weighted by Crippen LogP contribution is 2.25. The van der Waals surface area contributed by atoms with Crippen LogP contribution in [0.25, 0.3) is 10.9 Å². The molecule has 0 bridgehead atoms. The first-order chi connectivity index (χ1) is 16.0. The maximum atomic E-state index is 13.7. The standard InChI is InChI=1S/C25H27F2N3O3/c1-32-20-7-9-23-21(13-20)16(10-11-28-23)2-5-19-6-4-18(15-33-19)29-14-25(31)30-24-12-17(26)3-8-22(24)27/h3,7-13,18-19,29H,2,4-6,14-15H2,1H3,(H,30,31)/t18-,19-/m1/s1. The molecule has 3 aromatic rings. The number of anilines is 1. The molecule has 1 saturated heterocycles. The molecule has 0 unspecified atom stereocenters. The predicted molar refractivity (Wildman–Crippen MR) is 122 cm³/mol. The van der Waals surface area contributed by atoms with Crippen LogP contribution in [0.1, 0.15) is 24.8 Å². The van der Waals surface area contributed by atoms with Crippen LogP contribution in [0, 0.1) is 11.6 Å². The van der Waals surface area contributed by atoms with E-state index in [-0.39, 0.29) is 24.4 Å². The van der Waals surface area contributed by atoms with E-state index in [1.807, 2.05) is 30.5 Å². The van der Waals surface area contributed by atoms with Crippen LogP contribution in [0.4, 0.5) is 14.5 Å². The fourth-order valence-corrected chi connectivity index (χ4v) is 4.06. The third kappa shape index (κ3) is 6.03. The number of halogens is 2. The predicted octanol–water partition coefficient (Wildman–Crippen LogP) is 4.23. The van der Waals surface area contributed by atoms with Crippen LogP contribution < -0.4 is 15.4 Å². The van der Waals surface area contributed by atoms with Crippen molar-refractivity contribution in [1.82, 2.24) is 10.3 Å². The molecular weight excluding hydrogens is 428 g/mol. The summed E-state index contributed by atoms with van der Waals surface area (Å²) in [6.07, 6.45) is 5.49. The quantitative estimate of drug-likeness (QED) is 0.532. The number of carbonyl (C=O) groups excluding carboxylic acids is 1. The molecule has 6 nitrogen and oxygen atoms in total. The Kier molecular flexibility index (Phi) is 7.47. The van der Waals surface area contributed by atoms with Gasteiger partial charge in [-0.05, 0) is 67.6 Å². The normalized spacial score (nSPS) is 18.3. The molecule has 4 rings (SSSR count). The van der Waals surface area contributed by atoms with Gasteiger partial charge in [-0.15, -0.1) is 0 Å². The van der Waals surface area contributed by atoms with Crippen molar-refractivity contribution in [2.45, 2.75) is 37.8 Å². The molecule has 1 aliphatic rings. The number of amides is 1. The zero-order chi connectivity index (χ0) is 23.2. The summed E-state index contributed by atoms with van der Waals surface area (Å²) in [5, 5.41) is 6.61. The molecular formula is C25H27F2N3O3. The number of nitrogens with one attached hydrogen (secondary N) is 2. The molecule has 0 saturated carbocycles. The van der Waals surface area contributed by atoms with Crippen LogP contribution in [-0.4, -0.2) is 43.3 Å². The molecule has 2 heterocycles. The Balaban J connectivity index is 1.22. The average molecular weight is 456 g/mol. The number of carbonyl (C=O) groups is 1. The fourth-order valence-electron chi connectivity index (χ4n) is 4.06. The zero-order valence-electron chi connectivity index (χ0n) is 18.4. The highest BCUT2D eigenvalue weighted by atomic mass is 19.1. The van der Waals surface area contributed by atoms with Gasteiger partial charge in [-0.3, -0.25) is 9.78 Å². The average Bonchev–Trinajstić information content (AvgIpc) is 2.84. The Hall–Kier alpha value is -3.10.